The van der Waals surface area contributed by atoms with E-state index in [1.165, 1.54) is 19.2 Å². The van der Waals surface area contributed by atoms with Crippen LogP contribution < -0.4 is 9.47 Å². The summed E-state index contributed by atoms with van der Waals surface area (Å²) in [6.45, 7) is 0. The summed E-state index contributed by atoms with van der Waals surface area (Å²) < 4.78 is 15.6. The summed E-state index contributed by atoms with van der Waals surface area (Å²) in [5.41, 5.74) is 1.18. The van der Waals surface area contributed by atoms with Crippen molar-refractivity contribution in [2.24, 2.45) is 0 Å². The number of ether oxygens (including phenoxy) is 2. The summed E-state index contributed by atoms with van der Waals surface area (Å²) in [6.07, 6.45) is 0.653. The van der Waals surface area contributed by atoms with E-state index in [0.29, 0.717) is 23.4 Å². The van der Waals surface area contributed by atoms with Crippen molar-refractivity contribution in [2.75, 3.05) is 7.11 Å². The molecule has 0 N–H and O–H groups in total. The smallest absolute Gasteiger partial charge is 0.366 e. The number of aromatic nitrogens is 1. The number of hydrogen-bond acceptors (Lipinski definition) is 6. The molecule has 0 aliphatic heterocycles. The van der Waals surface area contributed by atoms with Gasteiger partial charge >= 0.3 is 5.97 Å². The number of esters is 1. The molecule has 0 bridgehead atoms. The Kier molecular flexibility index (Phi) is 4.38. The number of aldehydes is 1. The highest BCUT2D eigenvalue weighted by atomic mass is 16.6. The van der Waals surface area contributed by atoms with Gasteiger partial charge in [-0.2, -0.15) is 0 Å². The second kappa shape index (κ2) is 6.78. The highest BCUT2D eigenvalue weighted by Crippen LogP contribution is 2.29. The van der Waals surface area contributed by atoms with E-state index in [0.717, 1.165) is 5.56 Å². The van der Waals surface area contributed by atoms with E-state index in [-0.39, 0.29) is 11.4 Å². The molecule has 0 amide bonds. The molecule has 0 fully saturated rings. The number of nitrogens with zero attached hydrogens (tertiary/aromatic N) is 1. The Labute approximate surface area is 137 Å². The molecule has 0 saturated heterocycles. The molecule has 3 aromatic rings. The second-order valence-electron chi connectivity index (χ2n) is 4.86. The molecule has 0 radical (unpaired) electrons. The SMILES string of the molecule is COc1ccc(C=O)cc1OC(=O)c1cc(-c2ccccc2)on1. The van der Waals surface area contributed by atoms with E-state index in [2.05, 4.69) is 5.16 Å². The Morgan fingerprint density at radius 1 is 1.08 bits per heavy atom. The lowest BCUT2D eigenvalue weighted by Crippen LogP contribution is -2.09. The zero-order valence-corrected chi connectivity index (χ0v) is 12.8. The first-order chi connectivity index (χ1) is 11.7. The number of benzene rings is 2. The normalized spacial score (nSPS) is 10.2. The summed E-state index contributed by atoms with van der Waals surface area (Å²) in [5, 5.41) is 3.73. The molecule has 0 atom stereocenters. The molecule has 3 rings (SSSR count). The van der Waals surface area contributed by atoms with Gasteiger partial charge in [-0.25, -0.2) is 4.79 Å². The first kappa shape index (κ1) is 15.5. The van der Waals surface area contributed by atoms with E-state index >= 15 is 0 Å². The van der Waals surface area contributed by atoms with Gasteiger partial charge in [0.05, 0.1) is 7.11 Å². The van der Waals surface area contributed by atoms with Gasteiger partial charge in [-0.05, 0) is 18.2 Å². The largest absolute Gasteiger partial charge is 0.493 e. The Morgan fingerprint density at radius 3 is 2.58 bits per heavy atom. The van der Waals surface area contributed by atoms with Gasteiger partial charge in [0, 0.05) is 17.2 Å². The maximum absolute atomic E-state index is 12.2. The molecule has 0 spiro atoms. The maximum atomic E-state index is 12.2. The Hall–Kier alpha value is -3.41. The van der Waals surface area contributed by atoms with Crippen molar-refractivity contribution >= 4 is 12.3 Å². The van der Waals surface area contributed by atoms with Gasteiger partial charge in [0.1, 0.15) is 6.29 Å². The third kappa shape index (κ3) is 3.17. The molecule has 6 nitrogen and oxygen atoms in total. The van der Waals surface area contributed by atoms with Gasteiger partial charge in [-0.3, -0.25) is 4.79 Å². The van der Waals surface area contributed by atoms with E-state index in [1.807, 2.05) is 30.3 Å². The number of rotatable bonds is 5. The third-order valence-electron chi connectivity index (χ3n) is 3.30. The third-order valence-corrected chi connectivity index (χ3v) is 3.30. The average Bonchev–Trinajstić information content (AvgIpc) is 3.12. The highest BCUT2D eigenvalue weighted by molar-refractivity contribution is 5.90. The van der Waals surface area contributed by atoms with E-state index < -0.39 is 5.97 Å². The quantitative estimate of drug-likeness (QED) is 0.407. The van der Waals surface area contributed by atoms with Crippen LogP contribution in [0.25, 0.3) is 11.3 Å². The highest BCUT2D eigenvalue weighted by Gasteiger charge is 2.18. The predicted molar refractivity (Wildman–Crippen MR) is 85.3 cm³/mol. The van der Waals surface area contributed by atoms with Crippen LogP contribution >= 0.6 is 0 Å². The number of carbonyl (C=O) groups is 2. The van der Waals surface area contributed by atoms with Gasteiger partial charge < -0.3 is 14.0 Å². The zero-order chi connectivity index (χ0) is 16.9. The van der Waals surface area contributed by atoms with Gasteiger partial charge in [0.15, 0.2) is 23.0 Å². The van der Waals surface area contributed by atoms with Crippen molar-refractivity contribution < 1.29 is 23.6 Å². The van der Waals surface area contributed by atoms with Gasteiger partial charge in [-0.15, -0.1) is 0 Å². The lowest BCUT2D eigenvalue weighted by molar-refractivity contribution is 0.0718. The lowest BCUT2D eigenvalue weighted by atomic mass is 10.2. The summed E-state index contributed by atoms with van der Waals surface area (Å²) in [6, 6.07) is 15.3. The van der Waals surface area contributed by atoms with Crippen LogP contribution in [0.1, 0.15) is 20.8 Å². The van der Waals surface area contributed by atoms with Crippen molar-refractivity contribution in [3.05, 3.63) is 65.9 Å². The van der Waals surface area contributed by atoms with Crippen LogP contribution in [0.2, 0.25) is 0 Å². The molecule has 2 aromatic carbocycles. The molecule has 1 heterocycles. The fraction of sp³-hybridized carbons (Fsp3) is 0.0556. The molecular formula is C18H13NO5. The van der Waals surface area contributed by atoms with E-state index in [1.54, 1.807) is 12.1 Å². The fourth-order valence-corrected chi connectivity index (χ4v) is 2.11. The number of hydrogen-bond donors (Lipinski definition) is 0. The molecule has 0 aliphatic rings. The fourth-order valence-electron chi connectivity index (χ4n) is 2.11. The van der Waals surface area contributed by atoms with Crippen molar-refractivity contribution in [1.29, 1.82) is 0 Å². The zero-order valence-electron chi connectivity index (χ0n) is 12.8. The van der Waals surface area contributed by atoms with Gasteiger partial charge in [0.25, 0.3) is 0 Å². The Balaban J connectivity index is 1.83. The van der Waals surface area contributed by atoms with Gasteiger partial charge in [-0.1, -0.05) is 35.5 Å². The molecule has 120 valence electrons. The average molecular weight is 323 g/mol. The van der Waals surface area contributed by atoms with Crippen molar-refractivity contribution in [3.8, 4) is 22.8 Å². The summed E-state index contributed by atoms with van der Waals surface area (Å²) >= 11 is 0. The van der Waals surface area contributed by atoms with E-state index in [4.69, 9.17) is 14.0 Å². The first-order valence-electron chi connectivity index (χ1n) is 7.09. The van der Waals surface area contributed by atoms with Crippen LogP contribution in [-0.2, 0) is 0 Å². The molecule has 0 unspecified atom stereocenters. The van der Waals surface area contributed by atoms with Crippen molar-refractivity contribution in [1.82, 2.24) is 5.16 Å². The lowest BCUT2D eigenvalue weighted by Gasteiger charge is -2.08. The standard InChI is InChI=1S/C18H13NO5/c1-22-15-8-7-12(11-20)9-17(15)23-18(21)14-10-16(24-19-14)13-5-3-2-4-6-13/h2-11H,1H3. The van der Waals surface area contributed by atoms with Crippen molar-refractivity contribution in [2.45, 2.75) is 0 Å². The predicted octanol–water partition coefficient (Wildman–Crippen LogP) is 3.38. The Bertz CT molecular complexity index is 870. The number of carbonyl (C=O) groups excluding carboxylic acids is 2. The summed E-state index contributed by atoms with van der Waals surface area (Å²) in [4.78, 5) is 23.1. The summed E-state index contributed by atoms with van der Waals surface area (Å²) in [5.74, 6) is 0.218. The molecule has 0 saturated carbocycles. The summed E-state index contributed by atoms with van der Waals surface area (Å²) in [7, 11) is 1.44. The molecular weight excluding hydrogens is 310 g/mol. The maximum Gasteiger partial charge on any atom is 0.366 e. The minimum Gasteiger partial charge on any atom is -0.493 e. The van der Waals surface area contributed by atoms with Crippen LogP contribution in [0.4, 0.5) is 0 Å². The number of methoxy groups -OCH3 is 1. The molecule has 6 heteroatoms. The molecule has 24 heavy (non-hydrogen) atoms. The van der Waals surface area contributed by atoms with Crippen LogP contribution in [0.15, 0.2) is 59.1 Å². The van der Waals surface area contributed by atoms with Crippen molar-refractivity contribution in [3.63, 3.8) is 0 Å². The first-order valence-corrected chi connectivity index (χ1v) is 7.09. The van der Waals surface area contributed by atoms with Crippen LogP contribution in [-0.4, -0.2) is 24.5 Å². The monoisotopic (exact) mass is 323 g/mol. The second-order valence-corrected chi connectivity index (χ2v) is 4.86. The molecule has 1 aromatic heterocycles. The van der Waals surface area contributed by atoms with Crippen LogP contribution in [0.3, 0.4) is 0 Å². The minimum atomic E-state index is -0.706. The van der Waals surface area contributed by atoms with Gasteiger partial charge in [0.2, 0.25) is 0 Å². The molecule has 0 aliphatic carbocycles. The van der Waals surface area contributed by atoms with E-state index in [9.17, 15) is 9.59 Å². The Morgan fingerprint density at radius 2 is 1.88 bits per heavy atom. The topological polar surface area (TPSA) is 78.6 Å². The van der Waals surface area contributed by atoms with Crippen LogP contribution in [0, 0.1) is 0 Å². The van der Waals surface area contributed by atoms with Crippen LogP contribution in [0.5, 0.6) is 11.5 Å². The minimum absolute atomic E-state index is 0.0208.